The number of halogens is 1. The highest BCUT2D eigenvalue weighted by Gasteiger charge is 2.32. The molecular weight excluding hydrogens is 567 g/mol. The number of fused-ring (bicyclic) bond motifs is 1. The molecular formula is C25H25IN2O3S2. The number of amides is 1. The number of nitrogens with one attached hydrogen (secondary N) is 1. The average Bonchev–Trinajstić information content (AvgIpc) is 3.23. The Labute approximate surface area is 216 Å². The third kappa shape index (κ3) is 6.16. The first kappa shape index (κ1) is 24.2. The molecule has 33 heavy (non-hydrogen) atoms. The Morgan fingerprint density at radius 2 is 1.94 bits per heavy atom. The summed E-state index contributed by atoms with van der Waals surface area (Å²) in [4.78, 5) is 12.3. The van der Waals surface area contributed by atoms with E-state index in [0.29, 0.717) is 24.5 Å². The molecule has 0 spiro atoms. The fourth-order valence-corrected chi connectivity index (χ4v) is 7.30. The number of carbonyl (C=O) groups is 1. The number of ether oxygens (including phenoxy) is 2. The molecule has 1 fully saturated rings. The molecule has 0 saturated carbocycles. The van der Waals surface area contributed by atoms with E-state index in [0.717, 1.165) is 26.2 Å². The number of hydrogen-bond acceptors (Lipinski definition) is 6. The van der Waals surface area contributed by atoms with E-state index in [1.54, 1.807) is 13.3 Å². The van der Waals surface area contributed by atoms with Crippen LogP contribution >= 0.6 is 46.1 Å². The van der Waals surface area contributed by atoms with Gasteiger partial charge < -0.3 is 9.47 Å². The lowest BCUT2D eigenvalue weighted by molar-refractivity contribution is -0.121. The lowest BCUT2D eigenvalue weighted by Gasteiger charge is -2.19. The molecule has 5 nitrogen and oxygen atoms in total. The van der Waals surface area contributed by atoms with Crippen LogP contribution in [0.5, 0.6) is 11.5 Å². The molecule has 0 radical (unpaired) electrons. The van der Waals surface area contributed by atoms with Crippen molar-refractivity contribution in [1.29, 1.82) is 0 Å². The molecule has 4 rings (SSSR count). The van der Waals surface area contributed by atoms with Crippen molar-refractivity contribution in [3.63, 3.8) is 0 Å². The molecule has 1 heterocycles. The summed E-state index contributed by atoms with van der Waals surface area (Å²) in [5.41, 5.74) is 4.59. The summed E-state index contributed by atoms with van der Waals surface area (Å²) >= 11 is 5.90. The molecule has 172 valence electrons. The third-order valence-corrected chi connectivity index (χ3v) is 9.38. The Balaban J connectivity index is 1.43. The normalized spacial score (nSPS) is 15.1. The first-order chi connectivity index (χ1) is 16.0. The summed E-state index contributed by atoms with van der Waals surface area (Å²) in [6, 6.07) is 18.3. The van der Waals surface area contributed by atoms with Crippen molar-refractivity contribution in [2.75, 3.05) is 18.6 Å². The predicted octanol–water partition coefficient (Wildman–Crippen LogP) is 6.07. The van der Waals surface area contributed by atoms with E-state index in [9.17, 15) is 4.79 Å². The van der Waals surface area contributed by atoms with Crippen LogP contribution in [-0.2, 0) is 11.4 Å². The van der Waals surface area contributed by atoms with Crippen LogP contribution in [0.2, 0.25) is 0 Å². The van der Waals surface area contributed by atoms with Gasteiger partial charge in [0.05, 0.1) is 27.4 Å². The maximum atomic E-state index is 12.3. The SMILES string of the molecule is COc1cc(/C=N\NC(=O)CC2(C)SCCS2)cc(I)c1OCc1cccc2ccccc12. The molecule has 1 aliphatic rings. The first-order valence-corrected chi connectivity index (χ1v) is 13.6. The number of methoxy groups -OCH3 is 1. The molecule has 0 atom stereocenters. The zero-order valence-electron chi connectivity index (χ0n) is 18.5. The van der Waals surface area contributed by atoms with Crippen molar-refractivity contribution in [2.45, 2.75) is 24.0 Å². The van der Waals surface area contributed by atoms with Gasteiger partial charge in [-0.3, -0.25) is 4.79 Å². The Hall–Kier alpha value is -1.91. The largest absolute Gasteiger partial charge is 0.493 e. The Morgan fingerprint density at radius 3 is 2.73 bits per heavy atom. The van der Waals surface area contributed by atoms with Gasteiger partial charge in [-0.25, -0.2) is 5.43 Å². The van der Waals surface area contributed by atoms with Crippen LogP contribution in [0.3, 0.4) is 0 Å². The zero-order chi connectivity index (χ0) is 23.3. The molecule has 0 unspecified atom stereocenters. The molecule has 1 amide bonds. The molecule has 0 aliphatic carbocycles. The third-order valence-electron chi connectivity index (χ3n) is 5.29. The van der Waals surface area contributed by atoms with Gasteiger partial charge in [-0.1, -0.05) is 42.5 Å². The number of carbonyl (C=O) groups excluding carboxylic acids is 1. The van der Waals surface area contributed by atoms with Gasteiger partial charge in [0.15, 0.2) is 11.5 Å². The van der Waals surface area contributed by atoms with Crippen LogP contribution in [0.1, 0.15) is 24.5 Å². The minimum Gasteiger partial charge on any atom is -0.493 e. The zero-order valence-corrected chi connectivity index (χ0v) is 22.3. The van der Waals surface area contributed by atoms with Gasteiger partial charge in [0.25, 0.3) is 0 Å². The summed E-state index contributed by atoms with van der Waals surface area (Å²) in [5, 5.41) is 6.51. The van der Waals surface area contributed by atoms with Gasteiger partial charge in [0, 0.05) is 11.5 Å². The average molecular weight is 593 g/mol. The summed E-state index contributed by atoms with van der Waals surface area (Å²) in [7, 11) is 1.62. The number of hydrazone groups is 1. The van der Waals surface area contributed by atoms with Crippen LogP contribution in [0, 0.1) is 3.57 Å². The second-order valence-electron chi connectivity index (χ2n) is 7.76. The molecule has 1 aliphatic heterocycles. The monoisotopic (exact) mass is 592 g/mol. The van der Waals surface area contributed by atoms with Crippen molar-refractivity contribution in [2.24, 2.45) is 5.10 Å². The Bertz CT molecular complexity index is 1170. The van der Waals surface area contributed by atoms with E-state index in [-0.39, 0.29) is 9.99 Å². The molecule has 0 bridgehead atoms. The van der Waals surface area contributed by atoms with Crippen LogP contribution in [0.25, 0.3) is 10.8 Å². The maximum Gasteiger partial charge on any atom is 0.242 e. The first-order valence-electron chi connectivity index (χ1n) is 10.5. The standard InChI is InChI=1S/C25H25IN2O3S2/c1-25(32-10-11-33-25)14-23(29)28-27-15-17-12-21(26)24(22(13-17)30-2)31-16-19-8-5-7-18-6-3-4-9-20(18)19/h3-9,12-13,15H,10-11,14,16H2,1-2H3,(H,28,29)/b27-15-. The highest BCUT2D eigenvalue weighted by molar-refractivity contribution is 14.1. The van der Waals surface area contributed by atoms with E-state index in [1.807, 2.05) is 53.9 Å². The highest BCUT2D eigenvalue weighted by Crippen LogP contribution is 2.45. The number of benzene rings is 3. The summed E-state index contributed by atoms with van der Waals surface area (Å²) in [6.07, 6.45) is 2.08. The van der Waals surface area contributed by atoms with Gasteiger partial charge in [0.1, 0.15) is 6.61 Å². The summed E-state index contributed by atoms with van der Waals surface area (Å²) in [6.45, 7) is 2.55. The number of thioether (sulfide) groups is 2. The van der Waals surface area contributed by atoms with Crippen molar-refractivity contribution < 1.29 is 14.3 Å². The second-order valence-corrected chi connectivity index (χ2v) is 12.4. The molecule has 0 aromatic heterocycles. The molecule has 3 aromatic rings. The van der Waals surface area contributed by atoms with Gasteiger partial charge >= 0.3 is 0 Å². The Kier molecular flexibility index (Phi) is 8.08. The van der Waals surface area contributed by atoms with E-state index in [1.165, 1.54) is 10.8 Å². The van der Waals surface area contributed by atoms with Crippen LogP contribution in [-0.4, -0.2) is 34.8 Å². The van der Waals surface area contributed by atoms with Crippen molar-refractivity contribution in [3.05, 3.63) is 69.3 Å². The van der Waals surface area contributed by atoms with Gasteiger partial charge in [-0.15, -0.1) is 23.5 Å². The van der Waals surface area contributed by atoms with Gasteiger partial charge in [-0.2, -0.15) is 5.10 Å². The Morgan fingerprint density at radius 1 is 1.18 bits per heavy atom. The lowest BCUT2D eigenvalue weighted by atomic mass is 10.1. The second kappa shape index (κ2) is 11.0. The molecule has 3 aromatic carbocycles. The molecule has 1 saturated heterocycles. The molecule has 8 heteroatoms. The van der Waals surface area contributed by atoms with Crippen molar-refractivity contribution >= 4 is 69.0 Å². The lowest BCUT2D eigenvalue weighted by Crippen LogP contribution is -2.26. The summed E-state index contributed by atoms with van der Waals surface area (Å²) in [5.74, 6) is 3.42. The van der Waals surface area contributed by atoms with E-state index < -0.39 is 0 Å². The number of hydrogen-bond donors (Lipinski definition) is 1. The predicted molar refractivity (Wildman–Crippen MR) is 148 cm³/mol. The topological polar surface area (TPSA) is 59.9 Å². The van der Waals surface area contributed by atoms with E-state index in [2.05, 4.69) is 64.3 Å². The van der Waals surface area contributed by atoms with Crippen LogP contribution in [0.15, 0.2) is 59.7 Å². The highest BCUT2D eigenvalue weighted by atomic mass is 127. The van der Waals surface area contributed by atoms with Gasteiger partial charge in [0.2, 0.25) is 5.91 Å². The van der Waals surface area contributed by atoms with E-state index in [4.69, 9.17) is 9.47 Å². The maximum absolute atomic E-state index is 12.3. The smallest absolute Gasteiger partial charge is 0.242 e. The molecule has 1 N–H and O–H groups in total. The van der Waals surface area contributed by atoms with E-state index >= 15 is 0 Å². The summed E-state index contributed by atoms with van der Waals surface area (Å²) < 4.78 is 12.6. The number of rotatable bonds is 8. The van der Waals surface area contributed by atoms with Crippen molar-refractivity contribution in [3.8, 4) is 11.5 Å². The quantitative estimate of drug-likeness (QED) is 0.196. The fourth-order valence-electron chi connectivity index (χ4n) is 3.69. The van der Waals surface area contributed by atoms with Crippen LogP contribution in [0.4, 0.5) is 0 Å². The minimum atomic E-state index is -0.0765. The van der Waals surface area contributed by atoms with Gasteiger partial charge in [-0.05, 0) is 63.5 Å². The minimum absolute atomic E-state index is 0.0543. The number of nitrogens with zero attached hydrogens (tertiary/aromatic N) is 1. The fraction of sp³-hybridized carbons (Fsp3) is 0.280. The van der Waals surface area contributed by atoms with Crippen LogP contribution < -0.4 is 14.9 Å². The van der Waals surface area contributed by atoms with Crippen molar-refractivity contribution in [1.82, 2.24) is 5.43 Å².